The van der Waals surface area contributed by atoms with E-state index in [0.717, 1.165) is 17.7 Å². The van der Waals surface area contributed by atoms with E-state index < -0.39 is 9.84 Å². The third-order valence-electron chi connectivity index (χ3n) is 5.69. The second-order valence-corrected chi connectivity index (χ2v) is 10.2. The molecule has 0 fully saturated rings. The standard InChI is InChI=1S/C26H30N4O3S/c1-4-18(2)30(22-9-7-8-20(16-22)26(27)28)17-25(31)29-21-14-12-19(13-15-21)23-10-5-6-11-24(23)34(3,32)33/h5-16,18H,4,17H2,1-3H3,(H3,27,28)(H,29,31). The Labute approximate surface area is 201 Å². The summed E-state index contributed by atoms with van der Waals surface area (Å²) >= 11 is 0. The number of anilines is 2. The van der Waals surface area contributed by atoms with Crippen molar-refractivity contribution in [1.29, 1.82) is 5.41 Å². The van der Waals surface area contributed by atoms with Crippen molar-refractivity contribution in [2.24, 2.45) is 5.73 Å². The minimum absolute atomic E-state index is 0.0204. The zero-order valence-corrected chi connectivity index (χ0v) is 20.4. The van der Waals surface area contributed by atoms with Crippen molar-refractivity contribution >= 4 is 33.0 Å². The normalized spacial score (nSPS) is 12.1. The molecule has 0 heterocycles. The van der Waals surface area contributed by atoms with Crippen LogP contribution < -0.4 is 16.0 Å². The summed E-state index contributed by atoms with van der Waals surface area (Å²) in [5.41, 5.74) is 9.06. The number of nitrogens with one attached hydrogen (secondary N) is 2. The Bertz CT molecular complexity index is 1290. The van der Waals surface area contributed by atoms with Crippen LogP contribution in [0.3, 0.4) is 0 Å². The molecule has 1 amide bonds. The van der Waals surface area contributed by atoms with Crippen LogP contribution >= 0.6 is 0 Å². The van der Waals surface area contributed by atoms with Gasteiger partial charge in [-0.15, -0.1) is 0 Å². The van der Waals surface area contributed by atoms with Gasteiger partial charge in [0.05, 0.1) is 11.4 Å². The number of carbonyl (C=O) groups excluding carboxylic acids is 1. The largest absolute Gasteiger partial charge is 0.384 e. The number of amidine groups is 1. The lowest BCUT2D eigenvalue weighted by molar-refractivity contribution is -0.115. The molecule has 0 saturated heterocycles. The van der Waals surface area contributed by atoms with Gasteiger partial charge >= 0.3 is 0 Å². The highest BCUT2D eigenvalue weighted by Crippen LogP contribution is 2.28. The molecule has 1 unspecified atom stereocenters. The quantitative estimate of drug-likeness (QED) is 0.313. The molecule has 0 aromatic heterocycles. The first kappa shape index (κ1) is 25.0. The Kier molecular flexibility index (Phi) is 7.73. The number of nitrogen functional groups attached to an aromatic ring is 1. The maximum absolute atomic E-state index is 12.9. The molecule has 4 N–H and O–H groups in total. The average molecular weight is 479 g/mol. The average Bonchev–Trinajstić information content (AvgIpc) is 2.82. The van der Waals surface area contributed by atoms with Gasteiger partial charge in [0.25, 0.3) is 0 Å². The van der Waals surface area contributed by atoms with Gasteiger partial charge in [0.15, 0.2) is 9.84 Å². The van der Waals surface area contributed by atoms with E-state index in [9.17, 15) is 13.2 Å². The van der Waals surface area contributed by atoms with E-state index in [1.165, 1.54) is 6.26 Å². The minimum atomic E-state index is -3.37. The molecule has 0 saturated carbocycles. The lowest BCUT2D eigenvalue weighted by Crippen LogP contribution is -2.39. The van der Waals surface area contributed by atoms with Gasteiger partial charge in [-0.1, -0.05) is 49.4 Å². The number of hydrogen-bond donors (Lipinski definition) is 3. The molecule has 34 heavy (non-hydrogen) atoms. The second kappa shape index (κ2) is 10.5. The van der Waals surface area contributed by atoms with E-state index in [2.05, 4.69) is 12.2 Å². The SMILES string of the molecule is CCC(C)N(CC(=O)Nc1ccc(-c2ccccc2S(C)(=O)=O)cc1)c1cccc(C(=N)N)c1. The van der Waals surface area contributed by atoms with E-state index in [4.69, 9.17) is 11.1 Å². The molecule has 3 aromatic carbocycles. The van der Waals surface area contributed by atoms with Crippen LogP contribution in [0.15, 0.2) is 77.7 Å². The third-order valence-corrected chi connectivity index (χ3v) is 6.85. The summed E-state index contributed by atoms with van der Waals surface area (Å²) in [5, 5.41) is 10.6. The van der Waals surface area contributed by atoms with Crippen LogP contribution in [-0.2, 0) is 14.6 Å². The molecule has 7 nitrogen and oxygen atoms in total. The first-order valence-corrected chi connectivity index (χ1v) is 12.9. The predicted octanol–water partition coefficient (Wildman–Crippen LogP) is 4.28. The fourth-order valence-electron chi connectivity index (χ4n) is 3.69. The maximum Gasteiger partial charge on any atom is 0.243 e. The molecule has 178 valence electrons. The van der Waals surface area contributed by atoms with Gasteiger partial charge < -0.3 is 16.0 Å². The van der Waals surface area contributed by atoms with Crippen molar-refractivity contribution in [1.82, 2.24) is 0 Å². The monoisotopic (exact) mass is 478 g/mol. The smallest absolute Gasteiger partial charge is 0.243 e. The van der Waals surface area contributed by atoms with Gasteiger partial charge in [0.1, 0.15) is 5.84 Å². The summed E-state index contributed by atoms with van der Waals surface area (Å²) in [5.74, 6) is -0.203. The highest BCUT2D eigenvalue weighted by molar-refractivity contribution is 7.90. The van der Waals surface area contributed by atoms with E-state index in [-0.39, 0.29) is 29.2 Å². The Morgan fingerprint density at radius 2 is 1.74 bits per heavy atom. The molecule has 3 rings (SSSR count). The molecule has 0 spiro atoms. The van der Waals surface area contributed by atoms with Crippen molar-refractivity contribution in [2.45, 2.75) is 31.2 Å². The van der Waals surface area contributed by atoms with Crippen LogP contribution in [0.2, 0.25) is 0 Å². The van der Waals surface area contributed by atoms with Crippen LogP contribution in [0.5, 0.6) is 0 Å². The molecular weight excluding hydrogens is 448 g/mol. The van der Waals surface area contributed by atoms with E-state index >= 15 is 0 Å². The zero-order chi connectivity index (χ0) is 24.9. The highest BCUT2D eigenvalue weighted by Gasteiger charge is 2.18. The van der Waals surface area contributed by atoms with Gasteiger partial charge in [0, 0.05) is 34.8 Å². The molecule has 0 aliphatic carbocycles. The fraction of sp³-hybridized carbons (Fsp3) is 0.231. The molecule has 1 atom stereocenters. The topological polar surface area (TPSA) is 116 Å². The summed E-state index contributed by atoms with van der Waals surface area (Å²) < 4.78 is 24.2. The number of amides is 1. The Morgan fingerprint density at radius 1 is 1.06 bits per heavy atom. The van der Waals surface area contributed by atoms with E-state index in [1.54, 1.807) is 54.6 Å². The van der Waals surface area contributed by atoms with Crippen LogP contribution in [-0.4, -0.2) is 39.0 Å². The summed E-state index contributed by atoms with van der Waals surface area (Å²) in [7, 11) is -3.37. The first-order chi connectivity index (χ1) is 16.1. The van der Waals surface area contributed by atoms with Gasteiger partial charge in [-0.3, -0.25) is 10.2 Å². The van der Waals surface area contributed by atoms with Gasteiger partial charge in [-0.05, 0) is 49.2 Å². The summed E-state index contributed by atoms with van der Waals surface area (Å²) in [6.07, 6.45) is 2.03. The number of nitrogens with zero attached hydrogens (tertiary/aromatic N) is 1. The number of carbonyl (C=O) groups is 1. The first-order valence-electron chi connectivity index (χ1n) is 11.0. The van der Waals surface area contributed by atoms with Crippen molar-refractivity contribution in [3.63, 3.8) is 0 Å². The molecule has 3 aromatic rings. The second-order valence-electron chi connectivity index (χ2n) is 8.24. The number of benzene rings is 3. The lowest BCUT2D eigenvalue weighted by Gasteiger charge is -2.30. The molecule has 8 heteroatoms. The Hall–Kier alpha value is -3.65. The highest BCUT2D eigenvalue weighted by atomic mass is 32.2. The number of rotatable bonds is 9. The van der Waals surface area contributed by atoms with Gasteiger partial charge in [-0.2, -0.15) is 0 Å². The number of sulfone groups is 1. The predicted molar refractivity (Wildman–Crippen MR) is 138 cm³/mol. The fourth-order valence-corrected chi connectivity index (χ4v) is 4.60. The van der Waals surface area contributed by atoms with Crippen LogP contribution in [0.4, 0.5) is 11.4 Å². The Balaban J connectivity index is 1.78. The van der Waals surface area contributed by atoms with Crippen molar-refractivity contribution in [2.75, 3.05) is 23.0 Å². The van der Waals surface area contributed by atoms with Gasteiger partial charge in [-0.25, -0.2) is 8.42 Å². The molecule has 0 aliphatic heterocycles. The number of hydrogen-bond acceptors (Lipinski definition) is 5. The lowest BCUT2D eigenvalue weighted by atomic mass is 10.1. The summed E-state index contributed by atoms with van der Waals surface area (Å²) in [6.45, 7) is 4.23. The maximum atomic E-state index is 12.9. The van der Waals surface area contributed by atoms with Crippen LogP contribution in [0.1, 0.15) is 25.8 Å². The summed E-state index contributed by atoms with van der Waals surface area (Å²) in [6, 6.07) is 21.4. The van der Waals surface area contributed by atoms with Crippen LogP contribution in [0.25, 0.3) is 11.1 Å². The zero-order valence-electron chi connectivity index (χ0n) is 19.6. The van der Waals surface area contributed by atoms with Crippen LogP contribution in [0, 0.1) is 5.41 Å². The van der Waals surface area contributed by atoms with Crippen molar-refractivity contribution in [3.05, 3.63) is 78.4 Å². The minimum Gasteiger partial charge on any atom is -0.384 e. The van der Waals surface area contributed by atoms with E-state index in [1.807, 2.05) is 30.0 Å². The molecule has 0 aliphatic rings. The molecular formula is C26H30N4O3S. The number of nitrogens with two attached hydrogens (primary N) is 1. The van der Waals surface area contributed by atoms with Crippen molar-refractivity contribution < 1.29 is 13.2 Å². The van der Waals surface area contributed by atoms with Crippen molar-refractivity contribution in [3.8, 4) is 11.1 Å². The van der Waals surface area contributed by atoms with Gasteiger partial charge in [0.2, 0.25) is 5.91 Å². The Morgan fingerprint density at radius 3 is 2.35 bits per heavy atom. The van der Waals surface area contributed by atoms with E-state index in [0.29, 0.717) is 16.8 Å². The third kappa shape index (κ3) is 6.02. The summed E-state index contributed by atoms with van der Waals surface area (Å²) in [4.78, 5) is 15.1. The molecule has 0 bridgehead atoms. The molecule has 0 radical (unpaired) electrons.